The number of nitrogens with zero attached hydrogens (tertiary/aromatic N) is 4. The minimum atomic E-state index is -1.53. The molecule has 1 saturated heterocycles. The second-order valence-electron chi connectivity index (χ2n) is 9.22. The fourth-order valence-electron chi connectivity index (χ4n) is 5.51. The number of aliphatic hydroxyl groups is 4. The number of hydrogen-bond donors (Lipinski definition) is 4. The number of aliphatic hydroxyl groups excluding tert-OH is 4. The van der Waals surface area contributed by atoms with Crippen molar-refractivity contribution < 1.29 is 29.6 Å². The lowest BCUT2D eigenvalue weighted by Gasteiger charge is -2.39. The van der Waals surface area contributed by atoms with Crippen LogP contribution in [0.1, 0.15) is 30.2 Å². The lowest BCUT2D eigenvalue weighted by atomic mass is 9.89. The average Bonchev–Trinajstić information content (AvgIpc) is 3.33. The van der Waals surface area contributed by atoms with Gasteiger partial charge in [0.1, 0.15) is 35.7 Å². The largest absolute Gasteiger partial charge is 0.422 e. The van der Waals surface area contributed by atoms with Gasteiger partial charge in [0.15, 0.2) is 6.23 Å². The average molecular weight is 470 g/mol. The van der Waals surface area contributed by atoms with Crippen LogP contribution in [0, 0.1) is 0 Å². The van der Waals surface area contributed by atoms with Crippen molar-refractivity contribution in [2.24, 2.45) is 0 Å². The van der Waals surface area contributed by atoms with Crippen LogP contribution >= 0.6 is 0 Å². The van der Waals surface area contributed by atoms with Gasteiger partial charge in [-0.25, -0.2) is 9.48 Å². The summed E-state index contributed by atoms with van der Waals surface area (Å²) in [6, 6.07) is 3.45. The summed E-state index contributed by atoms with van der Waals surface area (Å²) in [6.45, 7) is 1.46. The van der Waals surface area contributed by atoms with Crippen molar-refractivity contribution in [2.45, 2.75) is 56.3 Å². The van der Waals surface area contributed by atoms with Crippen LogP contribution in [0.5, 0.6) is 0 Å². The number of rotatable bonds is 3. The van der Waals surface area contributed by atoms with Crippen LogP contribution in [-0.2, 0) is 17.6 Å². The molecule has 3 aliphatic rings. The van der Waals surface area contributed by atoms with Crippen LogP contribution in [-0.4, -0.2) is 79.5 Å². The monoisotopic (exact) mass is 470 g/mol. The molecular weight excluding hydrogens is 444 g/mol. The van der Waals surface area contributed by atoms with E-state index in [9.17, 15) is 25.2 Å². The molecule has 6 rings (SSSR count). The maximum absolute atomic E-state index is 12.5. The van der Waals surface area contributed by atoms with E-state index in [0.29, 0.717) is 16.8 Å². The van der Waals surface area contributed by atoms with E-state index in [1.165, 1.54) is 28.2 Å². The van der Waals surface area contributed by atoms with E-state index in [1.807, 2.05) is 0 Å². The molecule has 5 heterocycles. The van der Waals surface area contributed by atoms with Gasteiger partial charge >= 0.3 is 5.63 Å². The first kappa shape index (κ1) is 21.7. The molecule has 180 valence electrons. The third-order valence-electron chi connectivity index (χ3n) is 7.14. The molecule has 0 spiro atoms. The van der Waals surface area contributed by atoms with Gasteiger partial charge in [-0.05, 0) is 37.3 Å². The lowest BCUT2D eigenvalue weighted by molar-refractivity contribution is -0.254. The Balaban J connectivity index is 1.45. The Bertz CT molecular complexity index is 1300. The SMILES string of the molecule is O=c1cc(-c2cn([C@@H]3O[C@H](CO)[C@H](O)[C@H](O)[C@H]3O)nn2)c2cc3c4c(c2o1)CCCN4CCC3. The molecule has 0 radical (unpaired) electrons. The normalized spacial score (nSPS) is 28.8. The van der Waals surface area contributed by atoms with E-state index in [-0.39, 0.29) is 0 Å². The fraction of sp³-hybridized carbons (Fsp3) is 0.522. The molecule has 0 saturated carbocycles. The smallest absolute Gasteiger partial charge is 0.336 e. The molecule has 1 aromatic carbocycles. The summed E-state index contributed by atoms with van der Waals surface area (Å²) in [5, 5.41) is 49.1. The Hall–Kier alpha value is -2.83. The third-order valence-corrected chi connectivity index (χ3v) is 7.14. The van der Waals surface area contributed by atoms with Crippen molar-refractivity contribution in [3.63, 3.8) is 0 Å². The molecule has 5 atom stereocenters. The van der Waals surface area contributed by atoms with Gasteiger partial charge < -0.3 is 34.5 Å². The summed E-state index contributed by atoms with van der Waals surface area (Å²) < 4.78 is 12.5. The Kier molecular flexibility index (Phi) is 5.19. The van der Waals surface area contributed by atoms with Gasteiger partial charge in [0, 0.05) is 41.4 Å². The summed E-state index contributed by atoms with van der Waals surface area (Å²) in [5.74, 6) is 0. The number of fused-ring (bicyclic) bond motifs is 2. The number of anilines is 1. The fourth-order valence-corrected chi connectivity index (χ4v) is 5.51. The third kappa shape index (κ3) is 3.27. The summed E-state index contributed by atoms with van der Waals surface area (Å²) in [4.78, 5) is 14.9. The predicted molar refractivity (Wildman–Crippen MR) is 119 cm³/mol. The number of aryl methyl sites for hydroxylation is 2. The quantitative estimate of drug-likeness (QED) is 0.376. The van der Waals surface area contributed by atoms with Gasteiger partial charge in [-0.3, -0.25) is 0 Å². The topological polar surface area (TPSA) is 154 Å². The predicted octanol–water partition coefficient (Wildman–Crippen LogP) is -0.277. The molecule has 0 unspecified atom stereocenters. The first-order valence-corrected chi connectivity index (χ1v) is 11.6. The standard InChI is InChI=1S/C23H26N4O7/c28-10-16-19(30)20(31)21(32)23(33-16)27-9-15(24-25-27)13-8-17(29)34-22-12-4-2-6-26-5-1-3-11(18(12)26)7-14(13)22/h7-9,16,19-21,23,28,30-32H,1-6,10H2/t16-,19+,20+,21-,23-/m1/s1. The number of aromatic nitrogens is 3. The van der Waals surface area contributed by atoms with Gasteiger partial charge in [-0.15, -0.1) is 5.10 Å². The van der Waals surface area contributed by atoms with Gasteiger partial charge in [0.05, 0.1) is 12.8 Å². The molecule has 11 nitrogen and oxygen atoms in total. The van der Waals surface area contributed by atoms with Crippen LogP contribution < -0.4 is 10.5 Å². The summed E-state index contributed by atoms with van der Waals surface area (Å²) in [7, 11) is 0. The molecular formula is C23H26N4O7. The van der Waals surface area contributed by atoms with Gasteiger partial charge in [0.2, 0.25) is 0 Å². The van der Waals surface area contributed by atoms with E-state index >= 15 is 0 Å². The minimum Gasteiger partial charge on any atom is -0.422 e. The van der Waals surface area contributed by atoms with Crippen LogP contribution in [0.4, 0.5) is 5.69 Å². The molecule has 0 bridgehead atoms. The zero-order valence-electron chi connectivity index (χ0n) is 18.4. The Morgan fingerprint density at radius 1 is 1.06 bits per heavy atom. The van der Waals surface area contributed by atoms with Crippen molar-refractivity contribution in [3.05, 3.63) is 39.9 Å². The molecule has 3 aliphatic heterocycles. The maximum Gasteiger partial charge on any atom is 0.336 e. The molecule has 34 heavy (non-hydrogen) atoms. The van der Waals surface area contributed by atoms with Crippen molar-refractivity contribution in [2.75, 3.05) is 24.6 Å². The van der Waals surface area contributed by atoms with Crippen molar-refractivity contribution in [1.82, 2.24) is 15.0 Å². The lowest BCUT2D eigenvalue weighted by Crippen LogP contribution is -2.56. The second-order valence-corrected chi connectivity index (χ2v) is 9.22. The van der Waals surface area contributed by atoms with E-state index in [2.05, 4.69) is 21.3 Å². The van der Waals surface area contributed by atoms with Crippen molar-refractivity contribution in [3.8, 4) is 11.3 Å². The zero-order valence-corrected chi connectivity index (χ0v) is 18.4. The van der Waals surface area contributed by atoms with Crippen LogP contribution in [0.2, 0.25) is 0 Å². The summed E-state index contributed by atoms with van der Waals surface area (Å²) in [5.41, 5.74) is 4.48. The maximum atomic E-state index is 12.5. The molecule has 4 N–H and O–H groups in total. The number of ether oxygens (including phenoxy) is 1. The highest BCUT2D eigenvalue weighted by atomic mass is 16.6. The number of benzene rings is 1. The molecule has 3 aromatic rings. The summed E-state index contributed by atoms with van der Waals surface area (Å²) in [6.07, 6.45) is -1.38. The highest BCUT2D eigenvalue weighted by Gasteiger charge is 2.44. The van der Waals surface area contributed by atoms with Gasteiger partial charge in [-0.2, -0.15) is 0 Å². The molecule has 11 heteroatoms. The Morgan fingerprint density at radius 3 is 2.65 bits per heavy atom. The van der Waals surface area contributed by atoms with Gasteiger partial charge in [0.25, 0.3) is 0 Å². The van der Waals surface area contributed by atoms with E-state index < -0.39 is 42.9 Å². The van der Waals surface area contributed by atoms with E-state index in [0.717, 1.165) is 49.7 Å². The molecule has 1 fully saturated rings. The summed E-state index contributed by atoms with van der Waals surface area (Å²) >= 11 is 0. The van der Waals surface area contributed by atoms with Crippen LogP contribution in [0.3, 0.4) is 0 Å². The van der Waals surface area contributed by atoms with Crippen molar-refractivity contribution in [1.29, 1.82) is 0 Å². The molecule has 2 aromatic heterocycles. The highest BCUT2D eigenvalue weighted by Crippen LogP contribution is 2.42. The minimum absolute atomic E-state index is 0.380. The molecule has 0 amide bonds. The Morgan fingerprint density at radius 2 is 1.85 bits per heavy atom. The van der Waals surface area contributed by atoms with Crippen LogP contribution in [0.25, 0.3) is 22.2 Å². The molecule has 0 aliphatic carbocycles. The first-order chi connectivity index (χ1) is 16.5. The van der Waals surface area contributed by atoms with Crippen molar-refractivity contribution >= 4 is 16.7 Å². The van der Waals surface area contributed by atoms with E-state index in [4.69, 9.17) is 9.15 Å². The second kappa shape index (κ2) is 8.14. The van der Waals surface area contributed by atoms with Gasteiger partial charge in [-0.1, -0.05) is 5.21 Å². The highest BCUT2D eigenvalue weighted by molar-refractivity contribution is 5.97. The van der Waals surface area contributed by atoms with E-state index in [1.54, 1.807) is 0 Å². The van der Waals surface area contributed by atoms with Crippen LogP contribution in [0.15, 0.2) is 27.5 Å². The zero-order chi connectivity index (χ0) is 23.6. The number of hydrogen-bond acceptors (Lipinski definition) is 10. The first-order valence-electron chi connectivity index (χ1n) is 11.6. The Labute approximate surface area is 193 Å².